The van der Waals surface area contributed by atoms with Gasteiger partial charge in [-0.1, -0.05) is 0 Å². The molecule has 1 atom stereocenters. The van der Waals surface area contributed by atoms with Crippen molar-refractivity contribution in [2.24, 2.45) is 0 Å². The highest BCUT2D eigenvalue weighted by atomic mass is 16.3. The summed E-state index contributed by atoms with van der Waals surface area (Å²) in [6.07, 6.45) is 6.22. The summed E-state index contributed by atoms with van der Waals surface area (Å²) in [5.74, 6) is 0.488. The SMILES string of the molecule is CC(=O)Nc1ccn([C@@H]2CCN(C(=O)Cc3ccoc3)C2)n1. The van der Waals surface area contributed by atoms with Crippen molar-refractivity contribution in [3.63, 3.8) is 0 Å². The Bertz CT molecular complexity index is 662. The summed E-state index contributed by atoms with van der Waals surface area (Å²) < 4.78 is 6.80. The minimum Gasteiger partial charge on any atom is -0.472 e. The van der Waals surface area contributed by atoms with Gasteiger partial charge in [0.25, 0.3) is 0 Å². The molecule has 0 bridgehead atoms. The third-order valence-corrected chi connectivity index (χ3v) is 3.74. The van der Waals surface area contributed by atoms with E-state index in [1.807, 2.05) is 15.8 Å². The van der Waals surface area contributed by atoms with E-state index >= 15 is 0 Å². The van der Waals surface area contributed by atoms with E-state index in [2.05, 4.69) is 10.4 Å². The van der Waals surface area contributed by atoms with E-state index < -0.39 is 0 Å². The molecule has 3 rings (SSSR count). The first-order valence-corrected chi connectivity index (χ1v) is 7.23. The maximum Gasteiger partial charge on any atom is 0.227 e. The van der Waals surface area contributed by atoms with Crippen molar-refractivity contribution >= 4 is 17.6 Å². The summed E-state index contributed by atoms with van der Waals surface area (Å²) in [5.41, 5.74) is 0.889. The lowest BCUT2D eigenvalue weighted by Gasteiger charge is -2.16. The van der Waals surface area contributed by atoms with Gasteiger partial charge in [-0.15, -0.1) is 0 Å². The average Bonchev–Trinajstić information content (AvgIpc) is 3.18. The molecule has 1 N–H and O–H groups in total. The Kier molecular flexibility index (Phi) is 3.95. The zero-order chi connectivity index (χ0) is 15.5. The van der Waals surface area contributed by atoms with Gasteiger partial charge in [-0.05, 0) is 18.1 Å². The van der Waals surface area contributed by atoms with Gasteiger partial charge in [0.2, 0.25) is 11.8 Å². The number of hydrogen-bond donors (Lipinski definition) is 1. The second kappa shape index (κ2) is 6.05. The third-order valence-electron chi connectivity index (χ3n) is 3.74. The highest BCUT2D eigenvalue weighted by Gasteiger charge is 2.28. The third kappa shape index (κ3) is 3.19. The molecule has 1 aliphatic heterocycles. The van der Waals surface area contributed by atoms with Gasteiger partial charge in [0.15, 0.2) is 5.82 Å². The average molecular weight is 302 g/mol. The Morgan fingerprint density at radius 2 is 2.32 bits per heavy atom. The fourth-order valence-electron chi connectivity index (χ4n) is 2.65. The number of anilines is 1. The Morgan fingerprint density at radius 3 is 3.05 bits per heavy atom. The van der Waals surface area contributed by atoms with Crippen LogP contribution in [-0.2, 0) is 16.0 Å². The van der Waals surface area contributed by atoms with Crippen molar-refractivity contribution in [3.05, 3.63) is 36.4 Å². The molecular weight excluding hydrogens is 284 g/mol. The van der Waals surface area contributed by atoms with Crippen LogP contribution in [0.3, 0.4) is 0 Å². The fourth-order valence-corrected chi connectivity index (χ4v) is 2.65. The highest BCUT2D eigenvalue weighted by molar-refractivity contribution is 5.87. The van der Waals surface area contributed by atoms with Crippen LogP contribution >= 0.6 is 0 Å². The molecule has 116 valence electrons. The van der Waals surface area contributed by atoms with Crippen LogP contribution < -0.4 is 5.32 Å². The predicted molar refractivity (Wildman–Crippen MR) is 79.2 cm³/mol. The Balaban J connectivity index is 1.58. The quantitative estimate of drug-likeness (QED) is 0.927. The van der Waals surface area contributed by atoms with E-state index in [1.54, 1.807) is 24.7 Å². The molecule has 2 aromatic heterocycles. The highest BCUT2D eigenvalue weighted by Crippen LogP contribution is 2.22. The molecule has 7 nitrogen and oxygen atoms in total. The van der Waals surface area contributed by atoms with Crippen LogP contribution in [0.5, 0.6) is 0 Å². The number of amides is 2. The van der Waals surface area contributed by atoms with Gasteiger partial charge in [-0.25, -0.2) is 0 Å². The number of likely N-dealkylation sites (tertiary alicyclic amines) is 1. The van der Waals surface area contributed by atoms with Gasteiger partial charge >= 0.3 is 0 Å². The van der Waals surface area contributed by atoms with E-state index in [0.717, 1.165) is 18.5 Å². The van der Waals surface area contributed by atoms with Crippen LogP contribution in [0.4, 0.5) is 5.82 Å². The topological polar surface area (TPSA) is 80.4 Å². The largest absolute Gasteiger partial charge is 0.472 e. The van der Waals surface area contributed by atoms with Gasteiger partial charge in [-0.3, -0.25) is 14.3 Å². The van der Waals surface area contributed by atoms with Crippen molar-refractivity contribution < 1.29 is 14.0 Å². The summed E-state index contributed by atoms with van der Waals surface area (Å²) in [6.45, 7) is 2.80. The van der Waals surface area contributed by atoms with Crippen molar-refractivity contribution in [1.82, 2.24) is 14.7 Å². The van der Waals surface area contributed by atoms with Gasteiger partial charge in [-0.2, -0.15) is 5.10 Å². The number of hydrogen-bond acceptors (Lipinski definition) is 4. The second-order valence-electron chi connectivity index (χ2n) is 5.45. The van der Waals surface area contributed by atoms with Crippen LogP contribution in [0.2, 0.25) is 0 Å². The van der Waals surface area contributed by atoms with E-state index in [4.69, 9.17) is 4.42 Å². The van der Waals surface area contributed by atoms with Crippen LogP contribution in [0, 0.1) is 0 Å². The second-order valence-corrected chi connectivity index (χ2v) is 5.45. The first-order chi connectivity index (χ1) is 10.6. The molecule has 1 saturated heterocycles. The van der Waals surface area contributed by atoms with Gasteiger partial charge < -0.3 is 14.6 Å². The molecule has 0 aliphatic carbocycles. The Morgan fingerprint density at radius 1 is 1.45 bits per heavy atom. The van der Waals surface area contributed by atoms with Crippen LogP contribution in [-0.4, -0.2) is 39.6 Å². The Hall–Kier alpha value is -2.57. The molecule has 1 fully saturated rings. The number of carbonyl (C=O) groups excluding carboxylic acids is 2. The van der Waals surface area contributed by atoms with E-state index in [1.165, 1.54) is 6.92 Å². The van der Waals surface area contributed by atoms with Crippen LogP contribution in [0.1, 0.15) is 24.9 Å². The summed E-state index contributed by atoms with van der Waals surface area (Å²) in [7, 11) is 0. The number of nitrogens with one attached hydrogen (secondary N) is 1. The molecular formula is C15H18N4O3. The lowest BCUT2D eigenvalue weighted by Crippen LogP contribution is -2.30. The Labute approximate surface area is 127 Å². The summed E-state index contributed by atoms with van der Waals surface area (Å²) >= 11 is 0. The maximum atomic E-state index is 12.2. The van der Waals surface area contributed by atoms with E-state index in [0.29, 0.717) is 18.8 Å². The van der Waals surface area contributed by atoms with Gasteiger partial charge in [0, 0.05) is 32.3 Å². The number of rotatable bonds is 4. The fraction of sp³-hybridized carbons (Fsp3) is 0.400. The summed E-state index contributed by atoms with van der Waals surface area (Å²) in [6, 6.07) is 3.71. The number of nitrogens with zero attached hydrogens (tertiary/aromatic N) is 3. The zero-order valence-corrected chi connectivity index (χ0v) is 12.4. The number of furan rings is 1. The predicted octanol–water partition coefficient (Wildman–Crippen LogP) is 1.45. The molecule has 0 aromatic carbocycles. The van der Waals surface area contributed by atoms with Crippen molar-refractivity contribution in [3.8, 4) is 0 Å². The number of aromatic nitrogens is 2. The molecule has 2 amide bonds. The molecule has 2 aromatic rings. The molecule has 1 aliphatic rings. The molecule has 7 heteroatoms. The van der Waals surface area contributed by atoms with Gasteiger partial charge in [0.05, 0.1) is 25.0 Å². The molecule has 0 radical (unpaired) electrons. The van der Waals surface area contributed by atoms with Crippen LogP contribution in [0.15, 0.2) is 35.3 Å². The van der Waals surface area contributed by atoms with E-state index in [9.17, 15) is 9.59 Å². The molecule has 0 spiro atoms. The summed E-state index contributed by atoms with van der Waals surface area (Å²) in [4.78, 5) is 25.1. The van der Waals surface area contributed by atoms with E-state index in [-0.39, 0.29) is 17.9 Å². The maximum absolute atomic E-state index is 12.2. The zero-order valence-electron chi connectivity index (χ0n) is 12.4. The van der Waals surface area contributed by atoms with Crippen molar-refractivity contribution in [1.29, 1.82) is 0 Å². The molecule has 22 heavy (non-hydrogen) atoms. The lowest BCUT2D eigenvalue weighted by molar-refractivity contribution is -0.129. The number of carbonyl (C=O) groups is 2. The van der Waals surface area contributed by atoms with Crippen molar-refractivity contribution in [2.75, 3.05) is 18.4 Å². The van der Waals surface area contributed by atoms with Crippen LogP contribution in [0.25, 0.3) is 0 Å². The standard InChI is InChI=1S/C15H18N4O3/c1-11(20)16-14-3-6-19(17-14)13-2-5-18(9-13)15(21)8-12-4-7-22-10-12/h3-4,6-7,10,13H,2,5,8-9H2,1H3,(H,16,17,20)/t13-/m1/s1. The lowest BCUT2D eigenvalue weighted by atomic mass is 10.2. The minimum absolute atomic E-state index is 0.0955. The first kappa shape index (κ1) is 14.4. The molecule has 3 heterocycles. The molecule has 0 saturated carbocycles. The minimum atomic E-state index is -0.145. The summed E-state index contributed by atoms with van der Waals surface area (Å²) in [5, 5.41) is 6.98. The smallest absolute Gasteiger partial charge is 0.227 e. The normalized spacial score (nSPS) is 17.7. The van der Waals surface area contributed by atoms with Crippen molar-refractivity contribution in [2.45, 2.75) is 25.8 Å². The molecule has 0 unspecified atom stereocenters. The monoisotopic (exact) mass is 302 g/mol. The first-order valence-electron chi connectivity index (χ1n) is 7.23. The van der Waals surface area contributed by atoms with Gasteiger partial charge in [0.1, 0.15) is 0 Å².